The summed E-state index contributed by atoms with van der Waals surface area (Å²) in [5, 5.41) is 18.3. The molecule has 0 amide bonds. The Bertz CT molecular complexity index is 1130. The molecule has 7 heteroatoms. The van der Waals surface area contributed by atoms with Crippen LogP contribution in [0.15, 0.2) is 54.6 Å². The maximum Gasteiger partial charge on any atom is 0.203 e. The van der Waals surface area contributed by atoms with E-state index in [1.807, 2.05) is 42.5 Å². The third-order valence-electron chi connectivity index (χ3n) is 4.52. The molecular weight excluding hydrogens is 358 g/mol. The molecule has 3 aromatic carbocycles. The van der Waals surface area contributed by atoms with Gasteiger partial charge in [0.1, 0.15) is 11.3 Å². The van der Waals surface area contributed by atoms with Gasteiger partial charge in [-0.3, -0.25) is 0 Å². The zero-order valence-electron chi connectivity index (χ0n) is 15.7. The van der Waals surface area contributed by atoms with Gasteiger partial charge in [0.2, 0.25) is 5.75 Å². The highest BCUT2D eigenvalue weighted by Crippen LogP contribution is 2.39. The zero-order valence-corrected chi connectivity index (χ0v) is 15.7. The van der Waals surface area contributed by atoms with Crippen LogP contribution in [-0.2, 0) is 0 Å². The number of rotatable bonds is 5. The first-order valence-corrected chi connectivity index (χ1v) is 8.60. The lowest BCUT2D eigenvalue weighted by atomic mass is 10.0. The average molecular weight is 377 g/mol. The molecule has 7 nitrogen and oxygen atoms in total. The summed E-state index contributed by atoms with van der Waals surface area (Å²) in [7, 11) is 4.70. The number of aromatic hydroxyl groups is 1. The fourth-order valence-electron chi connectivity index (χ4n) is 3.16. The van der Waals surface area contributed by atoms with Gasteiger partial charge in [-0.25, -0.2) is 4.68 Å². The number of hydrogen-bond acceptors (Lipinski definition) is 6. The molecule has 0 aliphatic carbocycles. The summed E-state index contributed by atoms with van der Waals surface area (Å²) in [6, 6.07) is 16.6. The zero-order chi connectivity index (χ0) is 19.7. The van der Waals surface area contributed by atoms with E-state index in [4.69, 9.17) is 14.2 Å². The van der Waals surface area contributed by atoms with Crippen molar-refractivity contribution in [3.8, 4) is 39.8 Å². The maximum atomic E-state index is 9.78. The van der Waals surface area contributed by atoms with E-state index in [2.05, 4.69) is 10.3 Å². The van der Waals surface area contributed by atoms with Crippen LogP contribution in [-0.4, -0.2) is 41.4 Å². The lowest BCUT2D eigenvalue weighted by molar-refractivity contribution is 0.324. The molecule has 0 fully saturated rings. The van der Waals surface area contributed by atoms with Crippen molar-refractivity contribution < 1.29 is 19.3 Å². The number of hydrogen-bond donors (Lipinski definition) is 1. The fraction of sp³-hybridized carbons (Fsp3) is 0.143. The Hall–Kier alpha value is -3.74. The van der Waals surface area contributed by atoms with E-state index < -0.39 is 0 Å². The number of nitrogens with zero attached hydrogens (tertiary/aromatic N) is 3. The number of ether oxygens (including phenoxy) is 3. The highest BCUT2D eigenvalue weighted by Gasteiger charge is 2.16. The monoisotopic (exact) mass is 377 g/mol. The summed E-state index contributed by atoms with van der Waals surface area (Å²) in [6.45, 7) is 0. The molecule has 0 aliphatic heterocycles. The standard InChI is InChI=1S/C21H19N3O4/c1-26-19-11-15(12-20(27-2)21(19)28-3)24-18-10-14(7-8-17(18)22-23-24)13-5-4-6-16(25)9-13/h4-12,25H,1-3H3. The molecule has 0 spiro atoms. The minimum Gasteiger partial charge on any atom is -0.508 e. The van der Waals surface area contributed by atoms with Crippen molar-refractivity contribution >= 4 is 11.0 Å². The van der Waals surface area contributed by atoms with Gasteiger partial charge in [-0.15, -0.1) is 5.10 Å². The molecule has 1 heterocycles. The Morgan fingerprint density at radius 1 is 0.821 bits per heavy atom. The first-order valence-electron chi connectivity index (χ1n) is 8.60. The van der Waals surface area contributed by atoms with E-state index >= 15 is 0 Å². The van der Waals surface area contributed by atoms with E-state index in [1.54, 1.807) is 38.1 Å². The maximum absolute atomic E-state index is 9.78. The lowest BCUT2D eigenvalue weighted by Crippen LogP contribution is -2.01. The molecule has 0 radical (unpaired) electrons. The molecule has 1 aromatic heterocycles. The second-order valence-electron chi connectivity index (χ2n) is 6.14. The number of benzene rings is 3. The SMILES string of the molecule is COc1cc(-n2nnc3ccc(-c4cccc(O)c4)cc32)cc(OC)c1OC. The van der Waals surface area contributed by atoms with Gasteiger partial charge in [0, 0.05) is 12.1 Å². The van der Waals surface area contributed by atoms with Crippen LogP contribution in [0.2, 0.25) is 0 Å². The average Bonchev–Trinajstić information content (AvgIpc) is 3.15. The third-order valence-corrected chi connectivity index (χ3v) is 4.52. The van der Waals surface area contributed by atoms with E-state index in [1.165, 1.54) is 0 Å². The van der Waals surface area contributed by atoms with Gasteiger partial charge in [0.15, 0.2) is 11.5 Å². The third kappa shape index (κ3) is 2.96. The van der Waals surface area contributed by atoms with Crippen LogP contribution in [0.1, 0.15) is 0 Å². The van der Waals surface area contributed by atoms with Crippen molar-refractivity contribution in [2.75, 3.05) is 21.3 Å². The Labute approximate surface area is 161 Å². The Morgan fingerprint density at radius 2 is 1.54 bits per heavy atom. The van der Waals surface area contributed by atoms with Crippen LogP contribution in [0.25, 0.3) is 27.8 Å². The van der Waals surface area contributed by atoms with Crippen LogP contribution in [0, 0.1) is 0 Å². The Kier molecular flexibility index (Phi) is 4.49. The van der Waals surface area contributed by atoms with Crippen LogP contribution in [0.5, 0.6) is 23.0 Å². The van der Waals surface area contributed by atoms with Crippen LogP contribution < -0.4 is 14.2 Å². The van der Waals surface area contributed by atoms with Crippen molar-refractivity contribution in [3.05, 3.63) is 54.6 Å². The van der Waals surface area contributed by atoms with E-state index in [-0.39, 0.29) is 5.75 Å². The van der Waals surface area contributed by atoms with Gasteiger partial charge in [-0.1, -0.05) is 23.4 Å². The van der Waals surface area contributed by atoms with E-state index in [0.29, 0.717) is 17.2 Å². The van der Waals surface area contributed by atoms with Gasteiger partial charge in [-0.05, 0) is 35.4 Å². The summed E-state index contributed by atoms with van der Waals surface area (Å²) in [5.41, 5.74) is 4.14. The van der Waals surface area contributed by atoms with Gasteiger partial charge in [0.25, 0.3) is 0 Å². The number of aromatic nitrogens is 3. The summed E-state index contributed by atoms with van der Waals surface area (Å²) in [5.74, 6) is 1.79. The smallest absolute Gasteiger partial charge is 0.203 e. The molecule has 0 aliphatic rings. The normalized spacial score (nSPS) is 10.8. The topological polar surface area (TPSA) is 78.6 Å². The lowest BCUT2D eigenvalue weighted by Gasteiger charge is -2.14. The summed E-state index contributed by atoms with van der Waals surface area (Å²) >= 11 is 0. The van der Waals surface area contributed by atoms with Gasteiger partial charge < -0.3 is 19.3 Å². The number of phenolic OH excluding ortho intramolecular Hbond substituents is 1. The largest absolute Gasteiger partial charge is 0.508 e. The van der Waals surface area contributed by atoms with Crippen molar-refractivity contribution in [1.29, 1.82) is 0 Å². The van der Waals surface area contributed by atoms with Gasteiger partial charge >= 0.3 is 0 Å². The summed E-state index contributed by atoms with van der Waals surface area (Å²) < 4.78 is 18.0. The predicted octanol–water partition coefficient (Wildman–Crippen LogP) is 3.82. The van der Waals surface area contributed by atoms with Crippen molar-refractivity contribution in [3.63, 3.8) is 0 Å². The minimum absolute atomic E-state index is 0.217. The molecule has 4 rings (SSSR count). The van der Waals surface area contributed by atoms with E-state index in [0.717, 1.165) is 27.8 Å². The first-order chi connectivity index (χ1) is 13.6. The second-order valence-corrected chi connectivity index (χ2v) is 6.14. The van der Waals surface area contributed by atoms with Gasteiger partial charge in [0.05, 0.1) is 32.5 Å². The molecule has 0 saturated heterocycles. The minimum atomic E-state index is 0.217. The second kappa shape index (κ2) is 7.11. The summed E-state index contributed by atoms with van der Waals surface area (Å²) in [6.07, 6.45) is 0. The Balaban J connectivity index is 1.89. The Morgan fingerprint density at radius 3 is 2.18 bits per heavy atom. The van der Waals surface area contributed by atoms with Crippen molar-refractivity contribution in [1.82, 2.24) is 15.0 Å². The molecule has 142 valence electrons. The van der Waals surface area contributed by atoms with Crippen molar-refractivity contribution in [2.45, 2.75) is 0 Å². The molecule has 0 unspecified atom stereocenters. The molecule has 4 aromatic rings. The molecule has 0 atom stereocenters. The number of fused-ring (bicyclic) bond motifs is 1. The van der Waals surface area contributed by atoms with Crippen LogP contribution in [0.4, 0.5) is 0 Å². The summed E-state index contributed by atoms with van der Waals surface area (Å²) in [4.78, 5) is 0. The molecular formula is C21H19N3O4. The number of methoxy groups -OCH3 is 3. The van der Waals surface area contributed by atoms with E-state index in [9.17, 15) is 5.11 Å². The quantitative estimate of drug-likeness (QED) is 0.570. The van der Waals surface area contributed by atoms with Crippen molar-refractivity contribution in [2.24, 2.45) is 0 Å². The van der Waals surface area contributed by atoms with Crippen LogP contribution in [0.3, 0.4) is 0 Å². The molecule has 1 N–H and O–H groups in total. The van der Waals surface area contributed by atoms with Crippen LogP contribution >= 0.6 is 0 Å². The predicted molar refractivity (Wildman–Crippen MR) is 106 cm³/mol. The molecule has 0 bridgehead atoms. The highest BCUT2D eigenvalue weighted by molar-refractivity contribution is 5.83. The highest BCUT2D eigenvalue weighted by atomic mass is 16.5. The van der Waals surface area contributed by atoms with Gasteiger partial charge in [-0.2, -0.15) is 0 Å². The number of phenols is 1. The molecule has 0 saturated carbocycles. The fourth-order valence-corrected chi connectivity index (χ4v) is 3.16. The molecule has 28 heavy (non-hydrogen) atoms. The first kappa shape index (κ1) is 17.7.